The Balaban J connectivity index is 0.000000321. The molecule has 2 aromatic heterocycles. The maximum absolute atomic E-state index is 10.4. The van der Waals surface area contributed by atoms with Gasteiger partial charge in [-0.25, -0.2) is 9.97 Å². The van der Waals surface area contributed by atoms with Gasteiger partial charge >= 0.3 is 23.9 Å². The van der Waals surface area contributed by atoms with Crippen LogP contribution in [0.4, 0.5) is 0 Å². The van der Waals surface area contributed by atoms with Gasteiger partial charge in [-0.3, -0.25) is 19.2 Å². The molecule has 0 radical (unpaired) electrons. The summed E-state index contributed by atoms with van der Waals surface area (Å²) in [6.07, 6.45) is 7.22. The minimum absolute atomic E-state index is 0.160. The van der Waals surface area contributed by atoms with Crippen molar-refractivity contribution in [3.8, 4) is 11.5 Å². The number of aliphatic carboxylic acids is 4. The first-order valence-electron chi connectivity index (χ1n) is 14.0. The molecule has 0 aliphatic rings. The van der Waals surface area contributed by atoms with Crippen LogP contribution in [0, 0.1) is 0 Å². The Morgan fingerprint density at radius 2 is 0.792 bits per heavy atom. The number of nitrogens with two attached hydrogens (primary N) is 4. The number of phenolic OH excluding ortho intramolecular Hbond substituents is 2. The van der Waals surface area contributed by atoms with Gasteiger partial charge in [0.25, 0.3) is 0 Å². The second kappa shape index (κ2) is 21.1. The van der Waals surface area contributed by atoms with E-state index in [-0.39, 0.29) is 37.2 Å². The molecule has 0 aliphatic heterocycles. The highest BCUT2D eigenvalue weighted by molar-refractivity contribution is 5.74. The summed E-state index contributed by atoms with van der Waals surface area (Å²) in [6.45, 7) is 0. The fraction of sp³-hybridized carbons (Fsp3) is 0.267. The average Bonchev–Trinajstić information content (AvgIpc) is 3.75. The van der Waals surface area contributed by atoms with Crippen LogP contribution in [0.5, 0.6) is 11.5 Å². The van der Waals surface area contributed by atoms with Crippen LogP contribution in [-0.4, -0.2) is 98.6 Å². The number of aromatic hydroxyl groups is 2. The second-order valence-corrected chi connectivity index (χ2v) is 10.1. The largest absolute Gasteiger partial charge is 0.508 e. The highest BCUT2D eigenvalue weighted by Crippen LogP contribution is 2.11. The zero-order chi connectivity index (χ0) is 36.2. The van der Waals surface area contributed by atoms with Crippen LogP contribution in [0.25, 0.3) is 0 Å². The smallest absolute Gasteiger partial charge is 0.320 e. The summed E-state index contributed by atoms with van der Waals surface area (Å²) in [5.74, 6) is -3.72. The van der Waals surface area contributed by atoms with E-state index in [9.17, 15) is 19.2 Å². The molecule has 0 bridgehead atoms. The first-order valence-corrected chi connectivity index (χ1v) is 14.0. The van der Waals surface area contributed by atoms with Crippen molar-refractivity contribution in [1.29, 1.82) is 0 Å². The van der Waals surface area contributed by atoms with E-state index in [2.05, 4.69) is 19.9 Å². The minimum Gasteiger partial charge on any atom is -0.508 e. The summed E-state index contributed by atoms with van der Waals surface area (Å²) in [6, 6.07) is 9.15. The number of hydrogen-bond acceptors (Lipinski definition) is 12. The topological polar surface area (TPSA) is 351 Å². The predicted octanol–water partition coefficient (Wildman–Crippen LogP) is -0.579. The number of aromatic amines is 2. The van der Waals surface area contributed by atoms with E-state index in [0.29, 0.717) is 0 Å². The number of nitrogens with one attached hydrogen (secondary N) is 2. The number of rotatable bonds is 12. The number of phenols is 2. The lowest BCUT2D eigenvalue weighted by Crippen LogP contribution is -2.32. The number of hydrogen-bond donors (Lipinski definition) is 12. The summed E-state index contributed by atoms with van der Waals surface area (Å²) < 4.78 is 0. The molecule has 0 fully saturated rings. The number of carboxylic acid groups (broad SMARTS) is 4. The molecule has 0 saturated carbocycles. The lowest BCUT2D eigenvalue weighted by Gasteiger charge is -2.05. The maximum atomic E-state index is 10.4. The number of aromatic nitrogens is 4. The number of imidazole rings is 2. The van der Waals surface area contributed by atoms with Gasteiger partial charge in [0.15, 0.2) is 0 Å². The molecule has 48 heavy (non-hydrogen) atoms. The molecule has 18 heteroatoms. The number of benzene rings is 2. The van der Waals surface area contributed by atoms with Gasteiger partial charge in [-0.1, -0.05) is 24.3 Å². The van der Waals surface area contributed by atoms with E-state index < -0.39 is 48.0 Å². The Bertz CT molecular complexity index is 1400. The van der Waals surface area contributed by atoms with Crippen molar-refractivity contribution in [2.24, 2.45) is 22.9 Å². The van der Waals surface area contributed by atoms with Crippen molar-refractivity contribution in [2.45, 2.75) is 49.9 Å². The summed E-state index contributed by atoms with van der Waals surface area (Å²) in [7, 11) is 0. The van der Waals surface area contributed by atoms with Crippen LogP contribution >= 0.6 is 0 Å². The van der Waals surface area contributed by atoms with Crippen molar-refractivity contribution in [3.05, 3.63) is 96.1 Å². The van der Waals surface area contributed by atoms with E-state index >= 15 is 0 Å². The molecule has 0 amide bonds. The van der Waals surface area contributed by atoms with Gasteiger partial charge in [-0.15, -0.1) is 0 Å². The van der Waals surface area contributed by atoms with E-state index in [1.165, 1.54) is 36.9 Å². The third-order valence-electron chi connectivity index (χ3n) is 6.04. The summed E-state index contributed by atoms with van der Waals surface area (Å²) >= 11 is 0. The molecule has 4 aromatic rings. The Kier molecular flexibility index (Phi) is 17.6. The molecule has 260 valence electrons. The quantitative estimate of drug-likeness (QED) is 0.0895. The molecule has 0 aliphatic carbocycles. The molecule has 0 unspecified atom stereocenters. The molecule has 0 saturated heterocycles. The molecule has 0 spiro atoms. The molecule has 2 aromatic carbocycles. The number of carboxylic acids is 4. The lowest BCUT2D eigenvalue weighted by molar-refractivity contribution is -0.139. The highest BCUT2D eigenvalue weighted by atomic mass is 16.4. The number of carbonyl (C=O) groups is 4. The van der Waals surface area contributed by atoms with Crippen LogP contribution in [0.15, 0.2) is 73.6 Å². The van der Waals surface area contributed by atoms with E-state index in [4.69, 9.17) is 53.6 Å². The number of H-pyrrole nitrogens is 2. The molecule has 4 atom stereocenters. The molecule has 2 heterocycles. The van der Waals surface area contributed by atoms with Crippen LogP contribution in [0.3, 0.4) is 0 Å². The Hall–Kier alpha value is -5.82. The van der Waals surface area contributed by atoms with Gasteiger partial charge in [0.1, 0.15) is 35.7 Å². The Labute approximate surface area is 274 Å². The summed E-state index contributed by atoms with van der Waals surface area (Å²) in [5, 5.41) is 51.8. The first kappa shape index (κ1) is 40.2. The fourth-order valence-corrected chi connectivity index (χ4v) is 3.39. The average molecular weight is 673 g/mol. The van der Waals surface area contributed by atoms with E-state index in [1.807, 2.05) is 0 Å². The summed E-state index contributed by atoms with van der Waals surface area (Å²) in [5.41, 5.74) is 24.2. The predicted molar refractivity (Wildman–Crippen MR) is 171 cm³/mol. The van der Waals surface area contributed by atoms with Gasteiger partial charge in [0, 0.05) is 36.6 Å². The van der Waals surface area contributed by atoms with Gasteiger partial charge in [0.05, 0.1) is 12.7 Å². The summed E-state index contributed by atoms with van der Waals surface area (Å²) in [4.78, 5) is 54.3. The van der Waals surface area contributed by atoms with Crippen LogP contribution < -0.4 is 22.9 Å². The van der Waals surface area contributed by atoms with Gasteiger partial charge in [-0.05, 0) is 48.2 Å². The zero-order valence-electron chi connectivity index (χ0n) is 25.6. The van der Waals surface area contributed by atoms with Gasteiger partial charge in [-0.2, -0.15) is 0 Å². The standard InChI is InChI=1S/2C9H11NO3.2C6H9N3O2/c2*10-8(9(12)13)5-6-1-3-7(11)4-2-6;2*7-5(6(10)11)1-4-2-8-3-9-4/h2*1-4,8,11H,5,10H2,(H,12,13);2*2-3,5H,1,7H2,(H,8,9)(H,10,11)/t2*8-;2*5-/m0000/s1. The molecule has 4 rings (SSSR count). The Morgan fingerprint density at radius 3 is 1.02 bits per heavy atom. The monoisotopic (exact) mass is 672 g/mol. The minimum atomic E-state index is -1.02. The molecule has 16 N–H and O–H groups in total. The van der Waals surface area contributed by atoms with Crippen molar-refractivity contribution < 1.29 is 49.8 Å². The van der Waals surface area contributed by atoms with Gasteiger partial charge < -0.3 is 63.5 Å². The van der Waals surface area contributed by atoms with Crippen LogP contribution in [0.1, 0.15) is 22.5 Å². The van der Waals surface area contributed by atoms with Crippen molar-refractivity contribution >= 4 is 23.9 Å². The fourth-order valence-electron chi connectivity index (χ4n) is 3.39. The third kappa shape index (κ3) is 17.0. The molecule has 18 nitrogen and oxygen atoms in total. The first-order chi connectivity index (χ1) is 22.6. The van der Waals surface area contributed by atoms with Gasteiger partial charge in [0.2, 0.25) is 0 Å². The molecular weight excluding hydrogens is 632 g/mol. The number of nitrogens with zero attached hydrogens (tertiary/aromatic N) is 2. The maximum Gasteiger partial charge on any atom is 0.320 e. The van der Waals surface area contributed by atoms with E-state index in [1.54, 1.807) is 36.7 Å². The SMILES string of the molecule is N[C@@H](Cc1ccc(O)cc1)C(=O)O.N[C@@H](Cc1ccc(O)cc1)C(=O)O.N[C@@H](Cc1cnc[nH]1)C(=O)O.N[C@@H](Cc1cnc[nH]1)C(=O)O. The van der Waals surface area contributed by atoms with Crippen LogP contribution in [-0.2, 0) is 44.9 Å². The zero-order valence-corrected chi connectivity index (χ0v) is 25.6. The van der Waals surface area contributed by atoms with Crippen molar-refractivity contribution in [3.63, 3.8) is 0 Å². The Morgan fingerprint density at radius 1 is 0.521 bits per heavy atom. The van der Waals surface area contributed by atoms with Crippen molar-refractivity contribution in [1.82, 2.24) is 19.9 Å². The highest BCUT2D eigenvalue weighted by Gasteiger charge is 2.14. The van der Waals surface area contributed by atoms with E-state index in [0.717, 1.165) is 22.5 Å². The molecular formula is C30H40N8O10. The second-order valence-electron chi connectivity index (χ2n) is 10.1. The normalized spacial score (nSPS) is 12.6. The van der Waals surface area contributed by atoms with Crippen LogP contribution in [0.2, 0.25) is 0 Å². The third-order valence-corrected chi connectivity index (χ3v) is 6.04. The lowest BCUT2D eigenvalue weighted by atomic mass is 10.1. The van der Waals surface area contributed by atoms with Crippen molar-refractivity contribution in [2.75, 3.05) is 0 Å².